The predicted molar refractivity (Wildman–Crippen MR) is 116 cm³/mol. The van der Waals surface area contributed by atoms with Crippen LogP contribution in [0.4, 0.5) is 5.69 Å². The van der Waals surface area contributed by atoms with E-state index >= 15 is 0 Å². The number of nitrogens with zero attached hydrogens (tertiary/aromatic N) is 2. The number of benzene rings is 2. The third kappa shape index (κ3) is 2.77. The van der Waals surface area contributed by atoms with E-state index in [-0.39, 0.29) is 5.54 Å². The van der Waals surface area contributed by atoms with E-state index < -0.39 is 5.79 Å². The molecule has 0 radical (unpaired) electrons. The lowest BCUT2D eigenvalue weighted by atomic mass is 9.70. The molecule has 4 nitrogen and oxygen atoms in total. The number of hydrogen-bond acceptors (Lipinski definition) is 4. The molecule has 2 aromatic rings. The molecule has 29 heavy (non-hydrogen) atoms. The van der Waals surface area contributed by atoms with Crippen molar-refractivity contribution in [3.8, 4) is 0 Å². The number of fused-ring (bicyclic) bond motifs is 1. The lowest BCUT2D eigenvalue weighted by Crippen LogP contribution is -2.82. The van der Waals surface area contributed by atoms with Gasteiger partial charge in [0.2, 0.25) is 5.79 Å². The molecule has 0 saturated carbocycles. The maximum atomic E-state index is 6.01. The van der Waals surface area contributed by atoms with Gasteiger partial charge in [-0.05, 0) is 61.4 Å². The van der Waals surface area contributed by atoms with Gasteiger partial charge in [-0.1, -0.05) is 36.4 Å². The van der Waals surface area contributed by atoms with Gasteiger partial charge in [-0.15, -0.1) is 0 Å². The van der Waals surface area contributed by atoms with Crippen molar-refractivity contribution < 1.29 is 9.47 Å². The molecule has 1 aliphatic carbocycles. The third-order valence-electron chi connectivity index (χ3n) is 7.86. The number of piperidine rings is 1. The fraction of sp³-hybridized carbons (Fsp3) is 0.520. The van der Waals surface area contributed by atoms with Crippen LogP contribution in [0.2, 0.25) is 0 Å². The standard InChI is InChI=1S/C25H32N2O2/c1-19-8-7-9-20-16-22(17-23(19)20)26-14-12-24(13-15-26)25(28-2,29-3)18-27(24)21-10-5-4-6-11-21/h4-11,22H,12-18H2,1-3H3. The van der Waals surface area contributed by atoms with Gasteiger partial charge >= 0.3 is 0 Å². The molecule has 2 aliphatic heterocycles. The molecule has 0 N–H and O–H groups in total. The molecular formula is C25H32N2O2. The lowest BCUT2D eigenvalue weighted by molar-refractivity contribution is -0.288. The summed E-state index contributed by atoms with van der Waals surface area (Å²) in [5.74, 6) is -0.510. The van der Waals surface area contributed by atoms with E-state index in [0.717, 1.165) is 32.5 Å². The smallest absolute Gasteiger partial charge is 0.209 e. The Morgan fingerprint density at radius 3 is 2.28 bits per heavy atom. The zero-order valence-electron chi connectivity index (χ0n) is 17.9. The molecule has 2 fully saturated rings. The van der Waals surface area contributed by atoms with Crippen molar-refractivity contribution in [1.82, 2.24) is 4.90 Å². The molecule has 1 atom stereocenters. The summed E-state index contributed by atoms with van der Waals surface area (Å²) in [5, 5.41) is 0. The molecule has 1 spiro atoms. The van der Waals surface area contributed by atoms with E-state index in [4.69, 9.17) is 9.47 Å². The topological polar surface area (TPSA) is 24.9 Å². The van der Waals surface area contributed by atoms with Crippen molar-refractivity contribution in [2.45, 2.75) is 50.0 Å². The fourth-order valence-corrected chi connectivity index (χ4v) is 6.14. The van der Waals surface area contributed by atoms with Gasteiger partial charge in [0.25, 0.3) is 0 Å². The van der Waals surface area contributed by atoms with E-state index in [0.29, 0.717) is 6.04 Å². The molecular weight excluding hydrogens is 360 g/mol. The van der Waals surface area contributed by atoms with Gasteiger partial charge < -0.3 is 14.4 Å². The van der Waals surface area contributed by atoms with Crippen molar-refractivity contribution in [3.05, 3.63) is 65.2 Å². The first-order chi connectivity index (χ1) is 14.1. The largest absolute Gasteiger partial charge is 0.355 e. The van der Waals surface area contributed by atoms with Crippen molar-refractivity contribution in [3.63, 3.8) is 0 Å². The van der Waals surface area contributed by atoms with E-state index in [1.54, 1.807) is 25.3 Å². The Balaban J connectivity index is 1.35. The van der Waals surface area contributed by atoms with E-state index in [1.807, 2.05) is 0 Å². The normalized spacial score (nSPS) is 25.1. The Hall–Kier alpha value is -1.88. The molecule has 0 aromatic heterocycles. The second kappa shape index (κ2) is 7.12. The number of hydrogen-bond donors (Lipinski definition) is 0. The number of aryl methyl sites for hydroxylation is 1. The first-order valence-electron chi connectivity index (χ1n) is 10.9. The predicted octanol–water partition coefficient (Wildman–Crippen LogP) is 3.81. The Morgan fingerprint density at radius 1 is 0.897 bits per heavy atom. The van der Waals surface area contributed by atoms with Gasteiger partial charge in [0.15, 0.2) is 0 Å². The second-order valence-corrected chi connectivity index (χ2v) is 8.93. The van der Waals surface area contributed by atoms with E-state index in [9.17, 15) is 0 Å². The molecule has 4 heteroatoms. The molecule has 154 valence electrons. The molecule has 0 amide bonds. The molecule has 1 unspecified atom stereocenters. The SMILES string of the molecule is COC1(OC)CN(c2ccccc2)C12CCN(C1Cc3cccc(C)c3C1)CC2. The molecule has 0 bridgehead atoms. The Labute approximate surface area is 174 Å². The molecule has 2 aromatic carbocycles. The van der Waals surface area contributed by atoms with Gasteiger partial charge in [-0.25, -0.2) is 0 Å². The Kier molecular flexibility index (Phi) is 4.69. The Morgan fingerprint density at radius 2 is 1.62 bits per heavy atom. The van der Waals surface area contributed by atoms with Crippen molar-refractivity contribution in [2.75, 3.05) is 38.8 Å². The summed E-state index contributed by atoms with van der Waals surface area (Å²) in [5.41, 5.74) is 5.76. The summed E-state index contributed by atoms with van der Waals surface area (Å²) in [4.78, 5) is 5.23. The zero-order valence-corrected chi connectivity index (χ0v) is 17.9. The second-order valence-electron chi connectivity index (χ2n) is 8.93. The number of para-hydroxylation sites is 1. The number of ether oxygens (including phenoxy) is 2. The summed E-state index contributed by atoms with van der Waals surface area (Å²) >= 11 is 0. The average Bonchev–Trinajstić information content (AvgIpc) is 3.21. The van der Waals surface area contributed by atoms with Crippen molar-refractivity contribution >= 4 is 5.69 Å². The van der Waals surface area contributed by atoms with Crippen LogP contribution in [0.1, 0.15) is 29.5 Å². The first kappa shape index (κ1) is 19.1. The third-order valence-corrected chi connectivity index (χ3v) is 7.86. The van der Waals surface area contributed by atoms with Crippen LogP contribution in [0, 0.1) is 6.92 Å². The van der Waals surface area contributed by atoms with Crippen LogP contribution in [0.5, 0.6) is 0 Å². The van der Waals surface area contributed by atoms with Crippen LogP contribution in [-0.2, 0) is 22.3 Å². The van der Waals surface area contributed by atoms with E-state index in [1.165, 1.54) is 24.1 Å². The summed E-state index contributed by atoms with van der Waals surface area (Å²) in [6, 6.07) is 18.2. The number of likely N-dealkylation sites (tertiary alicyclic amines) is 1. The van der Waals surface area contributed by atoms with Crippen LogP contribution >= 0.6 is 0 Å². The van der Waals surface area contributed by atoms with Crippen LogP contribution in [0.25, 0.3) is 0 Å². The summed E-state index contributed by atoms with van der Waals surface area (Å²) in [6.45, 7) is 5.23. The highest BCUT2D eigenvalue weighted by molar-refractivity contribution is 5.55. The zero-order chi connectivity index (χ0) is 20.1. The van der Waals surface area contributed by atoms with Gasteiger partial charge in [0.1, 0.15) is 0 Å². The highest BCUT2D eigenvalue weighted by Crippen LogP contribution is 2.52. The van der Waals surface area contributed by atoms with Crippen LogP contribution < -0.4 is 4.90 Å². The first-order valence-corrected chi connectivity index (χ1v) is 10.9. The average molecular weight is 393 g/mol. The van der Waals surface area contributed by atoms with Crippen molar-refractivity contribution in [2.24, 2.45) is 0 Å². The number of anilines is 1. The highest BCUT2D eigenvalue weighted by atomic mass is 16.7. The summed E-state index contributed by atoms with van der Waals surface area (Å²) < 4.78 is 12.0. The molecule has 3 aliphatic rings. The van der Waals surface area contributed by atoms with E-state index in [2.05, 4.69) is 65.3 Å². The maximum absolute atomic E-state index is 6.01. The lowest BCUT2D eigenvalue weighted by Gasteiger charge is -2.67. The van der Waals surface area contributed by atoms with Gasteiger partial charge in [0.05, 0.1) is 12.1 Å². The Bertz CT molecular complexity index is 870. The number of rotatable bonds is 4. The van der Waals surface area contributed by atoms with Crippen LogP contribution in [0.15, 0.2) is 48.5 Å². The maximum Gasteiger partial charge on any atom is 0.209 e. The fourth-order valence-electron chi connectivity index (χ4n) is 6.14. The summed E-state index contributed by atoms with van der Waals surface area (Å²) in [6.07, 6.45) is 4.51. The van der Waals surface area contributed by atoms with Gasteiger partial charge in [0, 0.05) is 39.0 Å². The van der Waals surface area contributed by atoms with Crippen LogP contribution in [-0.4, -0.2) is 56.1 Å². The highest BCUT2D eigenvalue weighted by Gasteiger charge is 2.66. The quantitative estimate of drug-likeness (QED) is 0.739. The van der Waals surface area contributed by atoms with Gasteiger partial charge in [-0.2, -0.15) is 0 Å². The molecule has 2 heterocycles. The minimum Gasteiger partial charge on any atom is -0.355 e. The minimum atomic E-state index is -0.510. The molecule has 5 rings (SSSR count). The number of methoxy groups -OCH3 is 2. The monoisotopic (exact) mass is 392 g/mol. The molecule has 2 saturated heterocycles. The van der Waals surface area contributed by atoms with Gasteiger partial charge in [-0.3, -0.25) is 4.90 Å². The minimum absolute atomic E-state index is 0.0876. The summed E-state index contributed by atoms with van der Waals surface area (Å²) in [7, 11) is 3.60. The van der Waals surface area contributed by atoms with Crippen molar-refractivity contribution in [1.29, 1.82) is 0 Å². The van der Waals surface area contributed by atoms with Crippen LogP contribution in [0.3, 0.4) is 0 Å².